The molecule has 1 aromatic carbocycles. The zero-order valence-corrected chi connectivity index (χ0v) is 8.83. The molecule has 0 amide bonds. The van der Waals surface area contributed by atoms with E-state index in [4.69, 9.17) is 0 Å². The first-order chi connectivity index (χ1) is 6.79. The van der Waals surface area contributed by atoms with Crippen LogP contribution in [0.1, 0.15) is 19.4 Å². The molecule has 0 unspecified atom stereocenters. The fourth-order valence-corrected chi connectivity index (χ4v) is 1.46. The van der Waals surface area contributed by atoms with Gasteiger partial charge in [0.25, 0.3) is 0 Å². The number of hydrogen-bond donors (Lipinski definition) is 0. The third kappa shape index (κ3) is 2.46. The first kappa shape index (κ1) is 10.5. The molecule has 72 valence electrons. The molecule has 0 heteroatoms. The third-order valence-electron chi connectivity index (χ3n) is 2.13. The molecular weight excluding hydrogens is 168 g/mol. The lowest BCUT2D eigenvalue weighted by Crippen LogP contribution is -1.83. The quantitative estimate of drug-likeness (QED) is 0.617. The monoisotopic (exact) mass is 184 g/mol. The van der Waals surface area contributed by atoms with Gasteiger partial charge in [-0.05, 0) is 30.6 Å². The van der Waals surface area contributed by atoms with E-state index >= 15 is 0 Å². The number of benzene rings is 1. The molecule has 0 atom stereocenters. The molecule has 0 aliphatic rings. The Kier molecular flexibility index (Phi) is 3.93. The van der Waals surface area contributed by atoms with Gasteiger partial charge in [-0.15, -0.1) is 0 Å². The van der Waals surface area contributed by atoms with Gasteiger partial charge in [0, 0.05) is 0 Å². The maximum Gasteiger partial charge on any atom is -0.0161 e. The highest BCUT2D eigenvalue weighted by Crippen LogP contribution is 2.19. The minimum atomic E-state index is 1.20. The molecule has 0 fully saturated rings. The topological polar surface area (TPSA) is 0 Å². The summed E-state index contributed by atoms with van der Waals surface area (Å²) in [6.07, 6.45) is 6.05. The van der Waals surface area contributed by atoms with Crippen molar-refractivity contribution in [3.05, 3.63) is 66.3 Å². The summed E-state index contributed by atoms with van der Waals surface area (Å²) >= 11 is 0. The Morgan fingerprint density at radius 1 is 1.21 bits per heavy atom. The van der Waals surface area contributed by atoms with Crippen LogP contribution in [0.2, 0.25) is 0 Å². The molecule has 0 radical (unpaired) electrons. The van der Waals surface area contributed by atoms with E-state index in [0.717, 1.165) is 0 Å². The highest BCUT2D eigenvalue weighted by molar-refractivity contribution is 5.77. The molecule has 14 heavy (non-hydrogen) atoms. The van der Waals surface area contributed by atoms with Crippen molar-refractivity contribution in [2.75, 3.05) is 0 Å². The Bertz CT molecular complexity index is 353. The molecule has 1 aromatic rings. The average Bonchev–Trinajstić information content (AvgIpc) is 2.21. The van der Waals surface area contributed by atoms with Crippen LogP contribution >= 0.6 is 0 Å². The van der Waals surface area contributed by atoms with Crippen molar-refractivity contribution in [2.45, 2.75) is 13.8 Å². The van der Waals surface area contributed by atoms with E-state index in [1.165, 1.54) is 16.7 Å². The summed E-state index contributed by atoms with van der Waals surface area (Å²) in [6, 6.07) is 10.3. The van der Waals surface area contributed by atoms with Gasteiger partial charge in [0.05, 0.1) is 0 Å². The molecule has 0 nitrogen and oxygen atoms in total. The highest BCUT2D eigenvalue weighted by atomic mass is 14.0. The molecule has 0 heterocycles. The minimum Gasteiger partial charge on any atom is -0.0984 e. The molecule has 0 aliphatic carbocycles. The van der Waals surface area contributed by atoms with Gasteiger partial charge in [-0.25, -0.2) is 0 Å². The maximum absolute atomic E-state index is 3.85. The molecule has 0 spiro atoms. The van der Waals surface area contributed by atoms with E-state index in [1.54, 1.807) is 0 Å². The molecule has 0 aromatic heterocycles. The van der Waals surface area contributed by atoms with Crippen LogP contribution in [0, 0.1) is 0 Å². The molecule has 1 rings (SSSR count). The van der Waals surface area contributed by atoms with Gasteiger partial charge in [-0.1, -0.05) is 55.1 Å². The molecule has 0 saturated heterocycles. The second-order valence-electron chi connectivity index (χ2n) is 3.17. The van der Waals surface area contributed by atoms with Crippen molar-refractivity contribution in [2.24, 2.45) is 0 Å². The van der Waals surface area contributed by atoms with Crippen LogP contribution < -0.4 is 0 Å². The van der Waals surface area contributed by atoms with Crippen LogP contribution in [0.5, 0.6) is 0 Å². The SMILES string of the molecule is C=C/C(=C(C)\C=C/C)c1ccccc1. The van der Waals surface area contributed by atoms with Crippen molar-refractivity contribution in [1.29, 1.82) is 0 Å². The predicted octanol–water partition coefficient (Wildman–Crippen LogP) is 4.22. The van der Waals surface area contributed by atoms with Crippen molar-refractivity contribution in [3.63, 3.8) is 0 Å². The summed E-state index contributed by atoms with van der Waals surface area (Å²) in [4.78, 5) is 0. The smallest absolute Gasteiger partial charge is 0.0161 e. The fraction of sp³-hybridized carbons (Fsp3) is 0.143. The molecule has 0 N–H and O–H groups in total. The number of hydrogen-bond acceptors (Lipinski definition) is 0. The summed E-state index contributed by atoms with van der Waals surface area (Å²) in [6.45, 7) is 7.97. The van der Waals surface area contributed by atoms with Crippen molar-refractivity contribution in [1.82, 2.24) is 0 Å². The van der Waals surface area contributed by atoms with E-state index in [2.05, 4.69) is 31.7 Å². The highest BCUT2D eigenvalue weighted by Gasteiger charge is 1.98. The average molecular weight is 184 g/mol. The van der Waals surface area contributed by atoms with Crippen LogP contribution in [-0.4, -0.2) is 0 Å². The maximum atomic E-state index is 3.85. The Labute approximate surface area is 86.3 Å². The number of rotatable bonds is 3. The predicted molar refractivity (Wildman–Crippen MR) is 64.0 cm³/mol. The van der Waals surface area contributed by atoms with Crippen molar-refractivity contribution >= 4 is 5.57 Å². The van der Waals surface area contributed by atoms with Gasteiger partial charge in [0.1, 0.15) is 0 Å². The van der Waals surface area contributed by atoms with Gasteiger partial charge in [0.15, 0.2) is 0 Å². The first-order valence-corrected chi connectivity index (χ1v) is 4.81. The van der Waals surface area contributed by atoms with E-state index in [-0.39, 0.29) is 0 Å². The van der Waals surface area contributed by atoms with Gasteiger partial charge < -0.3 is 0 Å². The largest absolute Gasteiger partial charge is 0.0984 e. The summed E-state index contributed by atoms with van der Waals surface area (Å²) in [5.41, 5.74) is 3.66. The van der Waals surface area contributed by atoms with Crippen LogP contribution in [-0.2, 0) is 0 Å². The van der Waals surface area contributed by atoms with E-state index in [0.29, 0.717) is 0 Å². The zero-order valence-electron chi connectivity index (χ0n) is 8.83. The van der Waals surface area contributed by atoms with Crippen LogP contribution in [0.25, 0.3) is 5.57 Å². The number of allylic oxidation sites excluding steroid dienone is 5. The normalized spacial score (nSPS) is 12.7. The first-order valence-electron chi connectivity index (χ1n) is 4.81. The fourth-order valence-electron chi connectivity index (χ4n) is 1.46. The van der Waals surface area contributed by atoms with Crippen LogP contribution in [0.4, 0.5) is 0 Å². The van der Waals surface area contributed by atoms with Gasteiger partial charge >= 0.3 is 0 Å². The molecule has 0 saturated carbocycles. The van der Waals surface area contributed by atoms with Gasteiger partial charge in [-0.3, -0.25) is 0 Å². The second-order valence-corrected chi connectivity index (χ2v) is 3.17. The van der Waals surface area contributed by atoms with Crippen molar-refractivity contribution in [3.8, 4) is 0 Å². The molecular formula is C14H16. The Balaban J connectivity index is 3.17. The van der Waals surface area contributed by atoms with E-state index < -0.39 is 0 Å². The Morgan fingerprint density at radius 3 is 2.36 bits per heavy atom. The van der Waals surface area contributed by atoms with Crippen molar-refractivity contribution < 1.29 is 0 Å². The van der Waals surface area contributed by atoms with Crippen LogP contribution in [0.15, 0.2) is 60.7 Å². The minimum absolute atomic E-state index is 1.20. The summed E-state index contributed by atoms with van der Waals surface area (Å²) in [7, 11) is 0. The third-order valence-corrected chi connectivity index (χ3v) is 2.13. The van der Waals surface area contributed by atoms with E-state index in [1.807, 2.05) is 37.3 Å². The Morgan fingerprint density at radius 2 is 1.86 bits per heavy atom. The molecule has 0 aliphatic heterocycles. The summed E-state index contributed by atoms with van der Waals surface area (Å²) in [5.74, 6) is 0. The zero-order chi connectivity index (χ0) is 10.4. The lowest BCUT2D eigenvalue weighted by Gasteiger charge is -2.04. The summed E-state index contributed by atoms with van der Waals surface area (Å²) in [5, 5.41) is 0. The Hall–Kier alpha value is -1.56. The van der Waals surface area contributed by atoms with Crippen LogP contribution in [0.3, 0.4) is 0 Å². The van der Waals surface area contributed by atoms with Gasteiger partial charge in [0.2, 0.25) is 0 Å². The van der Waals surface area contributed by atoms with E-state index in [9.17, 15) is 0 Å². The van der Waals surface area contributed by atoms with Gasteiger partial charge in [-0.2, -0.15) is 0 Å². The lowest BCUT2D eigenvalue weighted by atomic mass is 10.0. The lowest BCUT2D eigenvalue weighted by molar-refractivity contribution is 1.49. The standard InChI is InChI=1S/C14H16/c1-4-9-12(3)14(5-2)13-10-7-6-8-11-13/h4-11H,2H2,1,3H3/b9-4-,14-12+. The molecule has 0 bridgehead atoms. The summed E-state index contributed by atoms with van der Waals surface area (Å²) < 4.78 is 0. The second kappa shape index (κ2) is 5.23.